The Bertz CT molecular complexity index is 1380. The highest BCUT2D eigenvalue weighted by molar-refractivity contribution is 6.31. The summed E-state index contributed by atoms with van der Waals surface area (Å²) in [5, 5.41) is 8.19. The van der Waals surface area contributed by atoms with E-state index >= 15 is 0 Å². The fraction of sp³-hybridized carbons (Fsp3) is 0.400. The highest BCUT2D eigenvalue weighted by Gasteiger charge is 2.47. The molecule has 1 atom stereocenters. The van der Waals surface area contributed by atoms with Gasteiger partial charge in [0.25, 0.3) is 0 Å². The molecule has 2 aliphatic heterocycles. The van der Waals surface area contributed by atoms with Crippen molar-refractivity contribution >= 4 is 23.4 Å². The van der Waals surface area contributed by atoms with Crippen molar-refractivity contribution in [2.24, 2.45) is 0 Å². The molecule has 3 aromatic rings. The number of aromatic nitrogens is 3. The van der Waals surface area contributed by atoms with Crippen LogP contribution in [0.1, 0.15) is 31.5 Å². The van der Waals surface area contributed by atoms with Crippen molar-refractivity contribution in [3.05, 3.63) is 58.9 Å². The van der Waals surface area contributed by atoms with Gasteiger partial charge in [-0.3, -0.25) is 4.68 Å². The number of ether oxygens (including phenoxy) is 2. The summed E-state index contributed by atoms with van der Waals surface area (Å²) in [5.74, 6) is -0.983. The summed E-state index contributed by atoms with van der Waals surface area (Å²) in [6, 6.07) is 9.99. The molecule has 0 bridgehead atoms. The van der Waals surface area contributed by atoms with Crippen molar-refractivity contribution in [1.82, 2.24) is 25.0 Å². The number of fused-ring (bicyclic) bond motifs is 2. The Hall–Kier alpha value is -3.51. The van der Waals surface area contributed by atoms with Gasteiger partial charge in [0.1, 0.15) is 5.60 Å². The Balaban J connectivity index is 1.37. The molecule has 13 heteroatoms. The normalized spacial score (nSPS) is 19.5. The van der Waals surface area contributed by atoms with E-state index < -0.39 is 23.3 Å². The first-order chi connectivity index (χ1) is 17.9. The van der Waals surface area contributed by atoms with E-state index in [0.717, 1.165) is 17.3 Å². The fourth-order valence-corrected chi connectivity index (χ4v) is 5.33. The highest BCUT2D eigenvalue weighted by atomic mass is 35.5. The van der Waals surface area contributed by atoms with Crippen molar-refractivity contribution in [2.45, 2.75) is 44.3 Å². The molecule has 0 unspecified atom stereocenters. The van der Waals surface area contributed by atoms with Gasteiger partial charge in [-0.1, -0.05) is 29.8 Å². The zero-order chi connectivity index (χ0) is 27.3. The lowest BCUT2D eigenvalue weighted by Gasteiger charge is -2.35. The van der Waals surface area contributed by atoms with Gasteiger partial charge in [-0.05, 0) is 37.6 Å². The average Bonchev–Trinajstić information content (AvgIpc) is 3.46. The molecule has 4 heterocycles. The lowest BCUT2D eigenvalue weighted by Crippen LogP contribution is -2.49. The number of rotatable bonds is 4. The summed E-state index contributed by atoms with van der Waals surface area (Å²) in [7, 11) is 0. The summed E-state index contributed by atoms with van der Waals surface area (Å²) >= 11 is 6.36. The lowest BCUT2D eigenvalue weighted by molar-refractivity contribution is -0.274. The molecule has 2 aromatic heterocycles. The Labute approximate surface area is 221 Å². The number of alkyl halides is 3. The highest BCUT2D eigenvalue weighted by Crippen LogP contribution is 2.41. The molecule has 9 nitrogen and oxygen atoms in total. The van der Waals surface area contributed by atoms with E-state index in [4.69, 9.17) is 22.1 Å². The van der Waals surface area contributed by atoms with Crippen LogP contribution in [0.2, 0.25) is 5.02 Å². The van der Waals surface area contributed by atoms with Gasteiger partial charge in [0.2, 0.25) is 0 Å². The molecule has 0 aliphatic carbocycles. The van der Waals surface area contributed by atoms with E-state index in [1.807, 2.05) is 32.0 Å². The Morgan fingerprint density at radius 1 is 1.24 bits per heavy atom. The number of likely N-dealkylation sites (tertiary alicyclic amines) is 1. The number of anilines is 1. The molecule has 0 radical (unpaired) electrons. The predicted molar refractivity (Wildman–Crippen MR) is 133 cm³/mol. The second-order valence-corrected chi connectivity index (χ2v) is 10.2. The minimum absolute atomic E-state index is 0.260. The number of amides is 2. The first-order valence-corrected chi connectivity index (χ1v) is 12.3. The van der Waals surface area contributed by atoms with E-state index in [1.54, 1.807) is 21.7 Å². The zero-order valence-electron chi connectivity index (χ0n) is 20.7. The third kappa shape index (κ3) is 4.97. The Morgan fingerprint density at radius 3 is 2.74 bits per heavy atom. The number of carbonyl (C=O) groups is 1. The van der Waals surface area contributed by atoms with Crippen LogP contribution in [0, 0.1) is 0 Å². The number of pyridine rings is 1. The molecule has 1 spiro atoms. The van der Waals surface area contributed by atoms with Crippen molar-refractivity contribution < 1.29 is 27.4 Å². The SMILES string of the molecule is CC(C)(NC(=O)N1CC[C@]2(C1)OCCn1nc(-c3cnc(N)c(OC(F)(F)F)c3)cc12)c1ccccc1Cl. The van der Waals surface area contributed by atoms with Crippen molar-refractivity contribution in [3.8, 4) is 17.0 Å². The molecule has 1 saturated heterocycles. The van der Waals surface area contributed by atoms with Crippen molar-refractivity contribution in [1.29, 1.82) is 0 Å². The minimum atomic E-state index is -4.91. The third-order valence-electron chi connectivity index (χ3n) is 6.82. The second-order valence-electron chi connectivity index (χ2n) is 9.84. The fourth-order valence-electron chi connectivity index (χ4n) is 4.96. The maximum absolute atomic E-state index is 13.3. The average molecular weight is 551 g/mol. The van der Waals surface area contributed by atoms with Gasteiger partial charge in [0.15, 0.2) is 11.6 Å². The van der Waals surface area contributed by atoms with Crippen molar-refractivity contribution in [3.63, 3.8) is 0 Å². The van der Waals surface area contributed by atoms with E-state index in [9.17, 15) is 18.0 Å². The van der Waals surface area contributed by atoms with Crippen LogP contribution in [0.4, 0.5) is 23.8 Å². The molecule has 38 heavy (non-hydrogen) atoms. The van der Waals surface area contributed by atoms with Crippen LogP contribution in [0.3, 0.4) is 0 Å². The van der Waals surface area contributed by atoms with E-state index in [0.29, 0.717) is 42.4 Å². The van der Waals surface area contributed by atoms with Crippen molar-refractivity contribution in [2.75, 3.05) is 25.4 Å². The standard InChI is InChI=1S/C25H26ClF3N6O3/c1-23(2,16-5-3-4-6-17(16)26)32-22(36)34-8-7-24(14-34)20-12-18(33-35(20)9-10-37-24)15-11-19(21(30)31-13-15)38-25(27,28)29/h3-6,11-13H,7-10,14H2,1-2H3,(H2,30,31)(H,32,36)/t24-/m1/s1. The number of hydrogen-bond acceptors (Lipinski definition) is 6. The van der Waals surface area contributed by atoms with E-state index in [1.165, 1.54) is 6.20 Å². The molecule has 2 aliphatic rings. The molecule has 5 rings (SSSR count). The van der Waals surface area contributed by atoms with Gasteiger partial charge < -0.3 is 25.4 Å². The van der Waals surface area contributed by atoms with Crippen LogP contribution in [0.15, 0.2) is 42.6 Å². The monoisotopic (exact) mass is 550 g/mol. The lowest BCUT2D eigenvalue weighted by atomic mass is 9.94. The maximum atomic E-state index is 13.3. The summed E-state index contributed by atoms with van der Waals surface area (Å²) in [6.07, 6.45) is -3.04. The molecule has 2 amide bonds. The number of hydrogen-bond donors (Lipinski definition) is 2. The van der Waals surface area contributed by atoms with Crippen LogP contribution < -0.4 is 15.8 Å². The Morgan fingerprint density at radius 2 is 2.00 bits per heavy atom. The molecular weight excluding hydrogens is 525 g/mol. The number of halogens is 4. The first kappa shape index (κ1) is 26.1. The number of urea groups is 1. The van der Waals surface area contributed by atoms with Crippen LogP contribution >= 0.6 is 11.6 Å². The summed E-state index contributed by atoms with van der Waals surface area (Å²) < 4.78 is 50.3. The number of nitrogen functional groups attached to an aromatic ring is 1. The number of nitrogens with one attached hydrogen (secondary N) is 1. The van der Waals surface area contributed by atoms with Crippen LogP contribution in [0.5, 0.6) is 5.75 Å². The van der Waals surface area contributed by atoms with Gasteiger partial charge >= 0.3 is 12.4 Å². The molecule has 0 saturated carbocycles. The minimum Gasteiger partial charge on any atom is -0.402 e. The quantitative estimate of drug-likeness (QED) is 0.489. The number of nitrogens with zero attached hydrogens (tertiary/aromatic N) is 4. The summed E-state index contributed by atoms with van der Waals surface area (Å²) in [5.41, 5.74) is 6.28. The van der Waals surface area contributed by atoms with Crippen LogP contribution in [-0.2, 0) is 22.4 Å². The van der Waals surface area contributed by atoms with E-state index in [-0.39, 0.29) is 18.4 Å². The van der Waals surface area contributed by atoms with Gasteiger partial charge in [-0.25, -0.2) is 9.78 Å². The predicted octanol–water partition coefficient (Wildman–Crippen LogP) is 4.66. The molecule has 202 valence electrons. The maximum Gasteiger partial charge on any atom is 0.573 e. The molecular formula is C25H26ClF3N6O3. The summed E-state index contributed by atoms with van der Waals surface area (Å²) in [4.78, 5) is 18.8. The van der Waals surface area contributed by atoms with Gasteiger partial charge in [0, 0.05) is 29.7 Å². The third-order valence-corrected chi connectivity index (χ3v) is 7.15. The first-order valence-electron chi connectivity index (χ1n) is 11.9. The number of benzene rings is 1. The smallest absolute Gasteiger partial charge is 0.402 e. The molecule has 3 N–H and O–H groups in total. The molecule has 1 fully saturated rings. The number of carbonyl (C=O) groups excluding carboxylic acids is 1. The topological polar surface area (TPSA) is 108 Å². The van der Waals surface area contributed by atoms with Gasteiger partial charge in [-0.2, -0.15) is 5.10 Å². The van der Waals surface area contributed by atoms with Crippen LogP contribution in [0.25, 0.3) is 11.3 Å². The largest absolute Gasteiger partial charge is 0.573 e. The van der Waals surface area contributed by atoms with Gasteiger partial charge in [0.05, 0.1) is 36.6 Å². The van der Waals surface area contributed by atoms with E-state index in [2.05, 4.69) is 20.1 Å². The molecule has 1 aromatic carbocycles. The summed E-state index contributed by atoms with van der Waals surface area (Å²) in [6.45, 7) is 5.32. The van der Waals surface area contributed by atoms with Gasteiger partial charge in [-0.15, -0.1) is 13.2 Å². The number of nitrogens with two attached hydrogens (primary N) is 1. The van der Waals surface area contributed by atoms with Crippen LogP contribution in [-0.4, -0.2) is 51.8 Å². The second kappa shape index (κ2) is 9.35. The Kier molecular flexibility index (Phi) is 6.42. The zero-order valence-corrected chi connectivity index (χ0v) is 21.4.